The summed E-state index contributed by atoms with van der Waals surface area (Å²) in [4.78, 5) is 24.1. The number of ketones is 2. The summed E-state index contributed by atoms with van der Waals surface area (Å²) in [5.41, 5.74) is 0.669. The van der Waals surface area contributed by atoms with Gasteiger partial charge in [-0.2, -0.15) is 0 Å². The summed E-state index contributed by atoms with van der Waals surface area (Å²) in [5, 5.41) is 0. The molecule has 0 saturated heterocycles. The minimum absolute atomic E-state index is 0.335. The molecule has 2 aromatic carbocycles. The summed E-state index contributed by atoms with van der Waals surface area (Å²) < 4.78 is 9.96. The lowest BCUT2D eigenvalue weighted by Crippen LogP contribution is -2.14. The molecule has 20 heavy (non-hydrogen) atoms. The van der Waals surface area contributed by atoms with Crippen molar-refractivity contribution >= 4 is 57.6 Å². The van der Waals surface area contributed by atoms with Crippen LogP contribution in [0.15, 0.2) is 48.5 Å². The van der Waals surface area contributed by atoms with E-state index >= 15 is 0 Å². The molecule has 0 aliphatic carbocycles. The van der Waals surface area contributed by atoms with Gasteiger partial charge in [-0.1, -0.05) is 0 Å². The van der Waals surface area contributed by atoms with E-state index < -0.39 is 11.6 Å². The van der Waals surface area contributed by atoms with Crippen molar-refractivity contribution < 1.29 is 15.7 Å². The van der Waals surface area contributed by atoms with Crippen LogP contribution in [0.25, 0.3) is 0 Å². The number of carbonyl (C=O) groups is 2. The van der Waals surface area contributed by atoms with Gasteiger partial charge >= 0.3 is 0 Å². The molecule has 4 nitrogen and oxygen atoms in total. The van der Waals surface area contributed by atoms with Gasteiger partial charge in [0, 0.05) is 11.1 Å². The number of carbonyl (C=O) groups excluding carboxylic acids is 2. The molecule has 0 N–H and O–H groups in total. The molecular weight excluding hydrogens is 486 g/mol. The summed E-state index contributed by atoms with van der Waals surface area (Å²) in [6.07, 6.45) is 0. The first-order valence-corrected chi connectivity index (χ1v) is 7.28. The lowest BCUT2D eigenvalue weighted by Gasteiger charge is -2.03. The zero-order valence-electron chi connectivity index (χ0n) is 10.0. The predicted octanol–water partition coefficient (Wildman–Crippen LogP) is 4.21. The van der Waals surface area contributed by atoms with Gasteiger partial charge in [-0.25, -0.2) is 0 Å². The highest BCUT2D eigenvalue weighted by molar-refractivity contribution is 14.1. The lowest BCUT2D eigenvalue weighted by molar-refractivity contribution is 0.0817. The number of hydrogen-bond acceptors (Lipinski definition) is 4. The van der Waals surface area contributed by atoms with Crippen LogP contribution < -0.4 is 6.13 Å². The van der Waals surface area contributed by atoms with Gasteiger partial charge in [-0.3, -0.25) is 9.59 Å². The van der Waals surface area contributed by atoms with Crippen LogP contribution in [-0.4, -0.2) is 11.6 Å². The largest absolute Gasteiger partial charge is 0.428 e. The SMILES string of the molecule is O=C(C(=O)c1ccc(OI)cc1)c1ccc(OI)cc1. The molecule has 0 aromatic heterocycles. The van der Waals surface area contributed by atoms with Crippen LogP contribution in [-0.2, 0) is 0 Å². The Bertz CT molecular complexity index is 563. The monoisotopic (exact) mass is 494 g/mol. The number of benzene rings is 2. The zero-order chi connectivity index (χ0) is 14.5. The maximum absolute atomic E-state index is 12.1. The highest BCUT2D eigenvalue weighted by atomic mass is 127. The average molecular weight is 494 g/mol. The first-order valence-electron chi connectivity index (χ1n) is 5.52. The summed E-state index contributed by atoms with van der Waals surface area (Å²) in [6, 6.07) is 12.8. The van der Waals surface area contributed by atoms with Crippen molar-refractivity contribution in [2.45, 2.75) is 0 Å². The van der Waals surface area contributed by atoms with Crippen LogP contribution in [0.3, 0.4) is 0 Å². The Hall–Kier alpha value is -1.16. The number of Topliss-reactive ketones (excluding diaryl/α,β-unsaturated/α-hetero) is 2. The molecule has 102 valence electrons. The van der Waals surface area contributed by atoms with Crippen LogP contribution in [0, 0.1) is 0 Å². The van der Waals surface area contributed by atoms with Crippen molar-refractivity contribution in [1.82, 2.24) is 0 Å². The topological polar surface area (TPSA) is 52.6 Å². The molecule has 0 aliphatic heterocycles. The zero-order valence-corrected chi connectivity index (χ0v) is 14.3. The average Bonchev–Trinajstić information content (AvgIpc) is 2.53. The van der Waals surface area contributed by atoms with Gasteiger partial charge in [0.2, 0.25) is 11.6 Å². The van der Waals surface area contributed by atoms with E-state index in [0.29, 0.717) is 22.6 Å². The smallest absolute Gasteiger partial charge is 0.233 e. The summed E-state index contributed by atoms with van der Waals surface area (Å²) in [6.45, 7) is 0. The van der Waals surface area contributed by atoms with Gasteiger partial charge in [0.15, 0.2) is 46.0 Å². The minimum Gasteiger partial charge on any atom is -0.428 e. The van der Waals surface area contributed by atoms with Crippen molar-refractivity contribution in [3.8, 4) is 11.5 Å². The molecule has 0 aliphatic rings. The van der Waals surface area contributed by atoms with Gasteiger partial charge in [0.25, 0.3) is 0 Å². The van der Waals surface area contributed by atoms with E-state index in [-0.39, 0.29) is 0 Å². The quantitative estimate of drug-likeness (QED) is 0.356. The van der Waals surface area contributed by atoms with Gasteiger partial charge in [0.05, 0.1) is 0 Å². The van der Waals surface area contributed by atoms with E-state index in [0.717, 1.165) is 0 Å². The van der Waals surface area contributed by atoms with E-state index in [4.69, 9.17) is 6.13 Å². The van der Waals surface area contributed by atoms with Gasteiger partial charge in [-0.05, 0) is 48.5 Å². The number of rotatable bonds is 5. The van der Waals surface area contributed by atoms with Gasteiger partial charge < -0.3 is 6.13 Å². The fourth-order valence-electron chi connectivity index (χ4n) is 1.58. The fraction of sp³-hybridized carbons (Fsp3) is 0. The number of hydrogen-bond donors (Lipinski definition) is 0. The van der Waals surface area contributed by atoms with E-state index in [9.17, 15) is 9.59 Å². The third kappa shape index (κ3) is 3.48. The molecule has 0 amide bonds. The van der Waals surface area contributed by atoms with E-state index in [1.54, 1.807) is 94.5 Å². The third-order valence-corrected chi connectivity index (χ3v) is 3.63. The molecule has 0 fully saturated rings. The first-order chi connectivity index (χ1) is 9.65. The predicted molar refractivity (Wildman–Crippen MR) is 90.8 cm³/mol. The van der Waals surface area contributed by atoms with Crippen LogP contribution in [0.5, 0.6) is 11.5 Å². The Morgan fingerprint density at radius 1 is 0.650 bits per heavy atom. The minimum atomic E-state index is -0.548. The summed E-state index contributed by atoms with van der Waals surface area (Å²) in [5.74, 6) is 0.151. The molecule has 2 aromatic rings. The Morgan fingerprint density at radius 2 is 0.950 bits per heavy atom. The maximum atomic E-state index is 12.1. The second kappa shape index (κ2) is 7.02. The Kier molecular flexibility index (Phi) is 5.35. The normalized spacial score (nSPS) is 9.90. The third-order valence-electron chi connectivity index (χ3n) is 2.62. The van der Waals surface area contributed by atoms with Gasteiger partial charge in [-0.15, -0.1) is 0 Å². The van der Waals surface area contributed by atoms with E-state index in [2.05, 4.69) is 0 Å². The molecule has 0 heterocycles. The van der Waals surface area contributed by atoms with Crippen LogP contribution >= 0.6 is 46.0 Å². The Balaban J connectivity index is 2.20. The molecule has 0 unspecified atom stereocenters. The van der Waals surface area contributed by atoms with Crippen molar-refractivity contribution in [3.05, 3.63) is 59.7 Å². The molecule has 0 atom stereocenters. The summed E-state index contributed by atoms with van der Waals surface area (Å²) in [7, 11) is 0. The molecule has 6 heteroatoms. The van der Waals surface area contributed by atoms with Gasteiger partial charge in [0.1, 0.15) is 11.5 Å². The molecule has 0 spiro atoms. The van der Waals surface area contributed by atoms with Crippen molar-refractivity contribution in [1.29, 1.82) is 0 Å². The first kappa shape index (κ1) is 15.2. The molecular formula is C14H8I2O4. The van der Waals surface area contributed by atoms with Crippen molar-refractivity contribution in [2.75, 3.05) is 0 Å². The standard InChI is InChI=1S/C14H8I2O4/c15-19-11-5-1-9(2-6-11)13(17)14(18)10-3-7-12(20-16)8-4-10/h1-8H. The Labute approximate surface area is 143 Å². The second-order valence-electron chi connectivity index (χ2n) is 3.86. The highest BCUT2D eigenvalue weighted by Crippen LogP contribution is 2.18. The summed E-state index contributed by atoms with van der Waals surface area (Å²) >= 11 is 3.49. The highest BCUT2D eigenvalue weighted by Gasteiger charge is 2.18. The van der Waals surface area contributed by atoms with E-state index in [1.807, 2.05) is 0 Å². The van der Waals surface area contributed by atoms with Crippen LogP contribution in [0.1, 0.15) is 20.7 Å². The molecule has 0 bridgehead atoms. The van der Waals surface area contributed by atoms with Crippen LogP contribution in [0.2, 0.25) is 0 Å². The Morgan fingerprint density at radius 3 is 1.20 bits per heavy atom. The molecule has 2 rings (SSSR count). The second-order valence-corrected chi connectivity index (χ2v) is 4.74. The molecule has 0 radical (unpaired) electrons. The van der Waals surface area contributed by atoms with Crippen molar-refractivity contribution in [2.24, 2.45) is 0 Å². The number of halogens is 2. The fourth-order valence-corrected chi connectivity index (χ4v) is 2.16. The van der Waals surface area contributed by atoms with Crippen molar-refractivity contribution in [3.63, 3.8) is 0 Å². The maximum Gasteiger partial charge on any atom is 0.233 e. The van der Waals surface area contributed by atoms with E-state index in [1.165, 1.54) is 0 Å². The lowest BCUT2D eigenvalue weighted by atomic mass is 10.0. The molecule has 0 saturated carbocycles. The van der Waals surface area contributed by atoms with Crippen LogP contribution in [0.4, 0.5) is 0 Å².